The summed E-state index contributed by atoms with van der Waals surface area (Å²) in [7, 11) is 0. The number of carbonyl (C=O) groups excluding carboxylic acids is 1. The second kappa shape index (κ2) is 5.57. The molecule has 1 aliphatic rings. The summed E-state index contributed by atoms with van der Waals surface area (Å²) < 4.78 is 10.7. The molecule has 0 aromatic carbocycles. The molecule has 0 unspecified atom stereocenters. The van der Waals surface area contributed by atoms with Crippen LogP contribution in [-0.4, -0.2) is 27.0 Å². The van der Waals surface area contributed by atoms with Crippen LogP contribution in [0.2, 0.25) is 0 Å². The summed E-state index contributed by atoms with van der Waals surface area (Å²) in [5, 5.41) is 13.4. The average molecular weight is 318 g/mol. The van der Waals surface area contributed by atoms with Crippen LogP contribution >= 0.6 is 0 Å². The van der Waals surface area contributed by atoms with E-state index >= 15 is 0 Å². The van der Waals surface area contributed by atoms with Crippen molar-refractivity contribution in [2.45, 2.75) is 39.8 Å². The molecule has 1 amide bonds. The second-order valence-corrected chi connectivity index (χ2v) is 5.87. The summed E-state index contributed by atoms with van der Waals surface area (Å²) in [5.41, 5.74) is 1.50. The minimum Gasteiger partial charge on any atom is -0.481 e. The molecule has 23 heavy (non-hydrogen) atoms. The van der Waals surface area contributed by atoms with E-state index in [-0.39, 0.29) is 18.9 Å². The van der Waals surface area contributed by atoms with Crippen molar-refractivity contribution in [2.24, 2.45) is 5.92 Å². The van der Waals surface area contributed by atoms with E-state index in [1.54, 1.807) is 37.8 Å². The zero-order chi connectivity index (χ0) is 16.7. The van der Waals surface area contributed by atoms with E-state index in [0.717, 1.165) is 5.56 Å². The summed E-state index contributed by atoms with van der Waals surface area (Å²) in [6.45, 7) is 5.62. The molecular formula is C16H18N2O5. The molecule has 1 aliphatic heterocycles. The van der Waals surface area contributed by atoms with Crippen LogP contribution in [0.15, 0.2) is 21.1 Å². The first kappa shape index (κ1) is 15.3. The van der Waals surface area contributed by atoms with Crippen molar-refractivity contribution in [3.8, 4) is 0 Å². The lowest BCUT2D eigenvalue weighted by molar-refractivity contribution is -0.143. The summed E-state index contributed by atoms with van der Waals surface area (Å²) in [6.07, 6.45) is -0.0386. The minimum absolute atomic E-state index is 0.0386. The third kappa shape index (κ3) is 2.62. The van der Waals surface area contributed by atoms with Crippen LogP contribution in [0.4, 0.5) is 0 Å². The first-order valence-electron chi connectivity index (χ1n) is 7.39. The number of nitrogens with zero attached hydrogens (tertiary/aromatic N) is 2. The first-order chi connectivity index (χ1) is 10.9. The molecule has 3 rings (SSSR count). The molecule has 1 N–H and O–H groups in total. The van der Waals surface area contributed by atoms with E-state index in [4.69, 9.17) is 8.94 Å². The van der Waals surface area contributed by atoms with Crippen LogP contribution < -0.4 is 0 Å². The fraction of sp³-hybridized carbons (Fsp3) is 0.438. The molecule has 2 aromatic rings. The third-order valence-corrected chi connectivity index (χ3v) is 4.31. The molecule has 0 saturated carbocycles. The van der Waals surface area contributed by atoms with Crippen molar-refractivity contribution in [1.29, 1.82) is 0 Å². The van der Waals surface area contributed by atoms with Gasteiger partial charge in [-0.3, -0.25) is 9.59 Å². The first-order valence-corrected chi connectivity index (χ1v) is 7.39. The average Bonchev–Trinajstić information content (AvgIpc) is 3.13. The summed E-state index contributed by atoms with van der Waals surface area (Å²) in [6, 6.07) is 2.88. The van der Waals surface area contributed by atoms with Gasteiger partial charge in [-0.25, -0.2) is 0 Å². The van der Waals surface area contributed by atoms with Gasteiger partial charge in [0.1, 0.15) is 23.3 Å². The molecule has 0 bridgehead atoms. The van der Waals surface area contributed by atoms with Crippen molar-refractivity contribution in [2.75, 3.05) is 0 Å². The number of carboxylic acid groups (broad SMARTS) is 1. The van der Waals surface area contributed by atoms with Crippen LogP contribution in [0.25, 0.3) is 0 Å². The molecule has 0 aliphatic carbocycles. The van der Waals surface area contributed by atoms with Crippen LogP contribution in [0.5, 0.6) is 0 Å². The van der Waals surface area contributed by atoms with E-state index in [1.807, 2.05) is 0 Å². The number of rotatable bonds is 4. The maximum atomic E-state index is 12.4. The Hall–Kier alpha value is -2.57. The Kier molecular flexibility index (Phi) is 3.71. The lowest BCUT2D eigenvalue weighted by Crippen LogP contribution is -2.30. The Balaban J connectivity index is 1.98. The largest absolute Gasteiger partial charge is 0.481 e. The molecule has 3 heterocycles. The van der Waals surface area contributed by atoms with Crippen LogP contribution in [0.3, 0.4) is 0 Å². The van der Waals surface area contributed by atoms with Gasteiger partial charge in [-0.05, 0) is 32.9 Å². The van der Waals surface area contributed by atoms with E-state index in [1.165, 1.54) is 0 Å². The standard InChI is InChI=1S/C16H18N2O5/c1-8-4-5-13(22-8)15-11(16(20)21)6-14(19)18(15)7-12-9(2)17-23-10(12)3/h4-5,11,15H,6-7H2,1-3H3,(H,20,21)/t11-,15+/m0/s1. The van der Waals surface area contributed by atoms with Crippen LogP contribution in [0, 0.1) is 26.7 Å². The number of amides is 1. The van der Waals surface area contributed by atoms with E-state index in [2.05, 4.69) is 5.16 Å². The van der Waals surface area contributed by atoms with Crippen LogP contribution in [-0.2, 0) is 16.1 Å². The Labute approximate surface area is 132 Å². The van der Waals surface area contributed by atoms with Gasteiger partial charge in [-0.2, -0.15) is 0 Å². The summed E-state index contributed by atoms with van der Waals surface area (Å²) in [5.74, 6) is -0.236. The normalized spacial score (nSPS) is 21.2. The lowest BCUT2D eigenvalue weighted by atomic mass is 9.98. The van der Waals surface area contributed by atoms with Crippen molar-refractivity contribution < 1.29 is 23.6 Å². The molecular weight excluding hydrogens is 300 g/mol. The lowest BCUT2D eigenvalue weighted by Gasteiger charge is -2.25. The van der Waals surface area contributed by atoms with Gasteiger partial charge in [0.25, 0.3) is 0 Å². The Morgan fingerprint density at radius 3 is 2.65 bits per heavy atom. The number of carbonyl (C=O) groups is 2. The highest BCUT2D eigenvalue weighted by Crippen LogP contribution is 2.40. The number of aromatic nitrogens is 1. The number of hydrogen-bond acceptors (Lipinski definition) is 5. The number of aliphatic carboxylic acids is 1. The molecule has 122 valence electrons. The molecule has 0 radical (unpaired) electrons. The minimum atomic E-state index is -1.00. The Morgan fingerprint density at radius 1 is 1.39 bits per heavy atom. The van der Waals surface area contributed by atoms with Gasteiger partial charge in [0, 0.05) is 12.0 Å². The maximum Gasteiger partial charge on any atom is 0.309 e. The van der Waals surface area contributed by atoms with Gasteiger partial charge in [-0.1, -0.05) is 5.16 Å². The number of likely N-dealkylation sites (tertiary alicyclic amines) is 1. The molecule has 7 nitrogen and oxygen atoms in total. The highest BCUT2D eigenvalue weighted by Gasteiger charge is 2.46. The van der Waals surface area contributed by atoms with Gasteiger partial charge >= 0.3 is 5.97 Å². The summed E-state index contributed by atoms with van der Waals surface area (Å²) >= 11 is 0. The number of furan rings is 1. The zero-order valence-corrected chi connectivity index (χ0v) is 13.2. The molecule has 0 spiro atoms. The molecule has 2 aromatic heterocycles. The third-order valence-electron chi connectivity index (χ3n) is 4.31. The van der Waals surface area contributed by atoms with Gasteiger partial charge in [0.15, 0.2) is 0 Å². The molecule has 7 heteroatoms. The van der Waals surface area contributed by atoms with Gasteiger partial charge < -0.3 is 18.9 Å². The van der Waals surface area contributed by atoms with Gasteiger partial charge in [0.05, 0.1) is 18.2 Å². The molecule has 1 fully saturated rings. The number of hydrogen-bond donors (Lipinski definition) is 1. The predicted octanol–water partition coefficient (Wildman–Crippen LogP) is 2.37. The number of carboxylic acids is 1. The molecule has 1 saturated heterocycles. The monoisotopic (exact) mass is 318 g/mol. The maximum absolute atomic E-state index is 12.4. The van der Waals surface area contributed by atoms with Crippen LogP contribution in [0.1, 0.15) is 41.0 Å². The van der Waals surface area contributed by atoms with Gasteiger partial charge in [0.2, 0.25) is 5.91 Å². The van der Waals surface area contributed by atoms with Crippen molar-refractivity contribution in [3.63, 3.8) is 0 Å². The Morgan fingerprint density at radius 2 is 2.13 bits per heavy atom. The van der Waals surface area contributed by atoms with E-state index in [9.17, 15) is 14.7 Å². The fourth-order valence-corrected chi connectivity index (χ4v) is 3.06. The quantitative estimate of drug-likeness (QED) is 0.929. The van der Waals surface area contributed by atoms with E-state index < -0.39 is 17.9 Å². The fourth-order valence-electron chi connectivity index (χ4n) is 3.06. The Bertz CT molecular complexity index is 741. The molecule has 2 atom stereocenters. The highest BCUT2D eigenvalue weighted by atomic mass is 16.5. The predicted molar refractivity (Wildman–Crippen MR) is 78.5 cm³/mol. The summed E-state index contributed by atoms with van der Waals surface area (Å²) in [4.78, 5) is 25.5. The van der Waals surface area contributed by atoms with Crippen molar-refractivity contribution in [3.05, 3.63) is 40.7 Å². The van der Waals surface area contributed by atoms with Gasteiger partial charge in [-0.15, -0.1) is 0 Å². The van der Waals surface area contributed by atoms with Crippen molar-refractivity contribution >= 4 is 11.9 Å². The van der Waals surface area contributed by atoms with E-state index in [0.29, 0.717) is 23.0 Å². The smallest absolute Gasteiger partial charge is 0.309 e. The van der Waals surface area contributed by atoms with Crippen molar-refractivity contribution in [1.82, 2.24) is 10.1 Å². The second-order valence-electron chi connectivity index (χ2n) is 5.87. The zero-order valence-electron chi connectivity index (χ0n) is 13.2. The SMILES string of the molecule is Cc1ccc([C@H]2[C@@H](C(=O)O)CC(=O)N2Cc2c(C)noc2C)o1. The number of aryl methyl sites for hydroxylation is 3. The highest BCUT2D eigenvalue weighted by molar-refractivity contribution is 5.87. The topological polar surface area (TPSA) is 96.8 Å².